The molecule has 0 spiro atoms. The zero-order chi connectivity index (χ0) is 8.97. The molecule has 1 rings (SSSR count). The van der Waals surface area contributed by atoms with Crippen LogP contribution in [-0.2, 0) is 11.3 Å². The molecule has 0 bridgehead atoms. The number of halogens is 1. The van der Waals surface area contributed by atoms with Gasteiger partial charge in [0.2, 0.25) is 0 Å². The number of ether oxygens (including phenoxy) is 1. The molecular weight excluding hydrogens is 192 g/mol. The van der Waals surface area contributed by atoms with Crippen LogP contribution in [0.2, 0.25) is 0 Å². The monoisotopic (exact) mass is 204 g/mol. The number of rotatable bonds is 3. The minimum Gasteiger partial charge on any atom is -0.398 e. The Morgan fingerprint density at radius 3 is 2.85 bits per heavy atom. The number of anilines is 1. The average molecular weight is 205 g/mol. The topological polar surface area (TPSA) is 57.2 Å². The van der Waals surface area contributed by atoms with E-state index in [1.165, 1.54) is 10.6 Å². The number of nitrogens with zero attached hydrogens (tertiary/aromatic N) is 1. The Hall–Kier alpha value is -1.000. The molecule has 0 saturated carbocycles. The number of nitrogen functional groups attached to an aromatic ring is 1. The first-order valence-electron chi connectivity index (χ1n) is 3.69. The third kappa shape index (κ3) is 3.48. The van der Waals surface area contributed by atoms with Crippen LogP contribution in [0.4, 0.5) is 5.69 Å². The normalized spacial score (nSPS) is 9.31. The number of pyridine rings is 1. The minimum atomic E-state index is -0.0544. The fourth-order valence-corrected chi connectivity index (χ4v) is 0.914. The van der Waals surface area contributed by atoms with Crippen molar-refractivity contribution < 1.29 is 4.74 Å². The summed E-state index contributed by atoms with van der Waals surface area (Å²) >= 11 is 0. The second kappa shape index (κ2) is 5.61. The van der Waals surface area contributed by atoms with Gasteiger partial charge in [-0.05, 0) is 6.07 Å². The fraction of sp³-hybridized carbons (Fsp3) is 0.375. The van der Waals surface area contributed by atoms with Crippen molar-refractivity contribution in [1.82, 2.24) is 4.57 Å². The predicted molar refractivity (Wildman–Crippen MR) is 54.2 cm³/mol. The van der Waals surface area contributed by atoms with Gasteiger partial charge in [0, 0.05) is 31.6 Å². The van der Waals surface area contributed by atoms with Crippen LogP contribution in [0, 0.1) is 0 Å². The Labute approximate surface area is 82.7 Å². The zero-order valence-electron chi connectivity index (χ0n) is 7.40. The quantitative estimate of drug-likeness (QED) is 0.780. The van der Waals surface area contributed by atoms with E-state index in [-0.39, 0.29) is 18.0 Å². The van der Waals surface area contributed by atoms with Crippen LogP contribution in [0.25, 0.3) is 0 Å². The van der Waals surface area contributed by atoms with Crippen molar-refractivity contribution in [1.29, 1.82) is 0 Å². The highest BCUT2D eigenvalue weighted by molar-refractivity contribution is 5.85. The SMILES string of the molecule is COCCn1cc(N)ccc1=O.Cl. The molecule has 0 unspecified atom stereocenters. The van der Waals surface area contributed by atoms with E-state index in [4.69, 9.17) is 10.5 Å². The number of methoxy groups -OCH3 is 1. The van der Waals surface area contributed by atoms with Gasteiger partial charge in [0.05, 0.1) is 6.61 Å². The van der Waals surface area contributed by atoms with Crippen LogP contribution in [0.5, 0.6) is 0 Å². The molecule has 0 aliphatic rings. The molecule has 0 saturated heterocycles. The first-order chi connectivity index (χ1) is 5.74. The van der Waals surface area contributed by atoms with Crippen LogP contribution in [-0.4, -0.2) is 18.3 Å². The van der Waals surface area contributed by atoms with E-state index in [0.717, 1.165) is 0 Å². The highest BCUT2D eigenvalue weighted by Crippen LogP contribution is 1.95. The minimum absolute atomic E-state index is 0. The van der Waals surface area contributed by atoms with Gasteiger partial charge in [-0.1, -0.05) is 0 Å². The molecule has 0 aromatic carbocycles. The molecule has 1 aromatic heterocycles. The summed E-state index contributed by atoms with van der Waals surface area (Å²) in [4.78, 5) is 11.1. The molecule has 13 heavy (non-hydrogen) atoms. The lowest BCUT2D eigenvalue weighted by molar-refractivity contribution is 0.186. The maximum absolute atomic E-state index is 11.1. The van der Waals surface area contributed by atoms with Crippen LogP contribution >= 0.6 is 12.4 Å². The van der Waals surface area contributed by atoms with Gasteiger partial charge in [0.25, 0.3) is 5.56 Å². The summed E-state index contributed by atoms with van der Waals surface area (Å²) in [6.07, 6.45) is 1.61. The molecule has 0 aliphatic carbocycles. The average Bonchev–Trinajstić information content (AvgIpc) is 2.07. The van der Waals surface area contributed by atoms with Crippen LogP contribution < -0.4 is 11.3 Å². The summed E-state index contributed by atoms with van der Waals surface area (Å²) < 4.78 is 6.37. The van der Waals surface area contributed by atoms with Gasteiger partial charge >= 0.3 is 0 Å². The number of hydrogen-bond donors (Lipinski definition) is 1. The number of hydrogen-bond acceptors (Lipinski definition) is 3. The van der Waals surface area contributed by atoms with Crippen LogP contribution in [0.3, 0.4) is 0 Å². The molecule has 5 heteroatoms. The summed E-state index contributed by atoms with van der Waals surface area (Å²) in [6, 6.07) is 3.04. The van der Waals surface area contributed by atoms with E-state index in [0.29, 0.717) is 18.8 Å². The highest BCUT2D eigenvalue weighted by Gasteiger charge is 1.94. The van der Waals surface area contributed by atoms with Crippen LogP contribution in [0.15, 0.2) is 23.1 Å². The smallest absolute Gasteiger partial charge is 0.250 e. The van der Waals surface area contributed by atoms with E-state index in [1.54, 1.807) is 19.4 Å². The molecule has 0 aliphatic heterocycles. The van der Waals surface area contributed by atoms with E-state index >= 15 is 0 Å². The third-order valence-electron chi connectivity index (χ3n) is 1.54. The lowest BCUT2D eigenvalue weighted by Gasteiger charge is -2.04. The first kappa shape index (κ1) is 12.0. The molecule has 0 fully saturated rings. The molecule has 2 N–H and O–H groups in total. The van der Waals surface area contributed by atoms with Crippen molar-refractivity contribution in [3.05, 3.63) is 28.7 Å². The van der Waals surface area contributed by atoms with Crippen molar-refractivity contribution in [3.8, 4) is 0 Å². The van der Waals surface area contributed by atoms with Gasteiger partial charge < -0.3 is 15.0 Å². The van der Waals surface area contributed by atoms with Crippen molar-refractivity contribution in [2.45, 2.75) is 6.54 Å². The second-order valence-corrected chi connectivity index (χ2v) is 2.49. The Morgan fingerprint density at radius 1 is 1.54 bits per heavy atom. The molecule has 1 aromatic rings. The number of nitrogens with two attached hydrogens (primary N) is 1. The van der Waals surface area contributed by atoms with Gasteiger partial charge in [0.15, 0.2) is 0 Å². The van der Waals surface area contributed by atoms with Crippen LogP contribution in [0.1, 0.15) is 0 Å². The highest BCUT2D eigenvalue weighted by atomic mass is 35.5. The molecule has 0 atom stereocenters. The maximum atomic E-state index is 11.1. The maximum Gasteiger partial charge on any atom is 0.250 e. The molecule has 1 heterocycles. The van der Waals surface area contributed by atoms with Crippen molar-refractivity contribution >= 4 is 18.1 Å². The van der Waals surface area contributed by atoms with Gasteiger partial charge in [0.1, 0.15) is 0 Å². The zero-order valence-corrected chi connectivity index (χ0v) is 8.21. The molecule has 0 radical (unpaired) electrons. The molecular formula is C8H13ClN2O2. The van der Waals surface area contributed by atoms with E-state index in [9.17, 15) is 4.79 Å². The van der Waals surface area contributed by atoms with Crippen molar-refractivity contribution in [3.63, 3.8) is 0 Å². The number of aromatic nitrogens is 1. The lowest BCUT2D eigenvalue weighted by atomic mass is 10.4. The fourth-order valence-electron chi connectivity index (χ4n) is 0.914. The summed E-state index contributed by atoms with van der Waals surface area (Å²) in [7, 11) is 1.59. The van der Waals surface area contributed by atoms with Crippen molar-refractivity contribution in [2.24, 2.45) is 0 Å². The van der Waals surface area contributed by atoms with Gasteiger partial charge in [-0.3, -0.25) is 4.79 Å². The van der Waals surface area contributed by atoms with Crippen molar-refractivity contribution in [2.75, 3.05) is 19.5 Å². The Morgan fingerprint density at radius 2 is 2.23 bits per heavy atom. The predicted octanol–water partition coefficient (Wildman–Crippen LogP) is 0.499. The third-order valence-corrected chi connectivity index (χ3v) is 1.54. The van der Waals surface area contributed by atoms with Gasteiger partial charge in [-0.15, -0.1) is 12.4 Å². The molecule has 74 valence electrons. The molecule has 0 amide bonds. The van der Waals surface area contributed by atoms with E-state index in [1.807, 2.05) is 0 Å². The van der Waals surface area contributed by atoms with Gasteiger partial charge in [-0.2, -0.15) is 0 Å². The summed E-state index contributed by atoms with van der Waals surface area (Å²) in [6.45, 7) is 1.06. The first-order valence-corrected chi connectivity index (χ1v) is 3.69. The summed E-state index contributed by atoms with van der Waals surface area (Å²) in [5.74, 6) is 0. The second-order valence-electron chi connectivity index (χ2n) is 2.49. The Balaban J connectivity index is 0.00000144. The van der Waals surface area contributed by atoms with E-state index < -0.39 is 0 Å². The largest absolute Gasteiger partial charge is 0.398 e. The lowest BCUT2D eigenvalue weighted by Crippen LogP contribution is -2.20. The standard InChI is InChI=1S/C8H12N2O2.ClH/c1-12-5-4-10-6-7(9)2-3-8(10)11;/h2-3,6H,4-5,9H2,1H3;1H. The molecule has 4 nitrogen and oxygen atoms in total. The Kier molecular flexibility index (Phi) is 5.18. The Bertz CT molecular complexity index is 311. The van der Waals surface area contributed by atoms with Gasteiger partial charge in [-0.25, -0.2) is 0 Å². The van der Waals surface area contributed by atoms with E-state index in [2.05, 4.69) is 0 Å². The summed E-state index contributed by atoms with van der Waals surface area (Å²) in [5.41, 5.74) is 6.03. The summed E-state index contributed by atoms with van der Waals surface area (Å²) in [5, 5.41) is 0.